The maximum atomic E-state index is 10.5. The van der Waals surface area contributed by atoms with Gasteiger partial charge in [-0.2, -0.15) is 10.4 Å². The monoisotopic (exact) mass is 171 g/mol. The molecule has 2 aromatic rings. The predicted octanol–water partition coefficient (Wildman–Crippen LogP) is 1.25. The molecule has 0 amide bonds. The van der Waals surface area contributed by atoms with E-state index in [0.717, 1.165) is 11.8 Å². The highest BCUT2D eigenvalue weighted by atomic mass is 16.1. The quantitative estimate of drug-likeness (QED) is 0.656. The highest BCUT2D eigenvalue weighted by Gasteiger charge is 2.04. The van der Waals surface area contributed by atoms with Gasteiger partial charge in [-0.1, -0.05) is 0 Å². The van der Waals surface area contributed by atoms with Gasteiger partial charge in [-0.05, 0) is 18.2 Å². The van der Waals surface area contributed by atoms with Crippen molar-refractivity contribution in [1.82, 2.24) is 10.2 Å². The smallest absolute Gasteiger partial charge is 0.170 e. The van der Waals surface area contributed by atoms with Crippen molar-refractivity contribution in [3.05, 3.63) is 29.5 Å². The summed E-state index contributed by atoms with van der Waals surface area (Å²) in [4.78, 5) is 10.5. The van der Waals surface area contributed by atoms with Crippen LogP contribution < -0.4 is 0 Å². The summed E-state index contributed by atoms with van der Waals surface area (Å²) in [5, 5.41) is 15.8. The Labute approximate surface area is 73.8 Å². The fourth-order valence-electron chi connectivity index (χ4n) is 1.19. The SMILES string of the molecule is N#Cc1n[nH]c2ccc(C=O)cc12. The largest absolute Gasteiger partial charge is 0.298 e. The summed E-state index contributed by atoms with van der Waals surface area (Å²) in [7, 11) is 0. The first kappa shape index (κ1) is 7.50. The molecule has 0 bridgehead atoms. The molecule has 1 aromatic heterocycles. The number of nitrogens with zero attached hydrogens (tertiary/aromatic N) is 2. The summed E-state index contributed by atoms with van der Waals surface area (Å²) in [5.41, 5.74) is 1.63. The zero-order valence-electron chi connectivity index (χ0n) is 6.61. The van der Waals surface area contributed by atoms with E-state index in [0.29, 0.717) is 16.6 Å². The zero-order chi connectivity index (χ0) is 9.26. The third-order valence-electron chi connectivity index (χ3n) is 1.83. The molecular formula is C9H5N3O. The maximum Gasteiger partial charge on any atom is 0.170 e. The van der Waals surface area contributed by atoms with Crippen LogP contribution in [0.3, 0.4) is 0 Å². The lowest BCUT2D eigenvalue weighted by Gasteiger charge is -1.89. The normalized spacial score (nSPS) is 9.77. The Morgan fingerprint density at radius 1 is 1.54 bits per heavy atom. The van der Waals surface area contributed by atoms with Crippen molar-refractivity contribution in [3.8, 4) is 6.07 Å². The minimum Gasteiger partial charge on any atom is -0.298 e. The van der Waals surface area contributed by atoms with Crippen LogP contribution in [-0.2, 0) is 0 Å². The molecular weight excluding hydrogens is 166 g/mol. The zero-order valence-corrected chi connectivity index (χ0v) is 6.61. The molecule has 0 spiro atoms. The van der Waals surface area contributed by atoms with Crippen LogP contribution in [0.2, 0.25) is 0 Å². The van der Waals surface area contributed by atoms with Crippen LogP contribution >= 0.6 is 0 Å². The molecule has 2 rings (SSSR count). The van der Waals surface area contributed by atoms with E-state index in [4.69, 9.17) is 5.26 Å². The summed E-state index contributed by atoms with van der Waals surface area (Å²) >= 11 is 0. The molecule has 4 heteroatoms. The molecule has 4 nitrogen and oxygen atoms in total. The number of nitriles is 1. The molecule has 0 atom stereocenters. The molecule has 0 aliphatic carbocycles. The van der Waals surface area contributed by atoms with Gasteiger partial charge in [-0.25, -0.2) is 0 Å². The second kappa shape index (κ2) is 2.72. The number of hydrogen-bond donors (Lipinski definition) is 1. The number of hydrogen-bond acceptors (Lipinski definition) is 3. The van der Waals surface area contributed by atoms with E-state index in [1.807, 2.05) is 6.07 Å². The van der Waals surface area contributed by atoms with Crippen LogP contribution in [0.4, 0.5) is 0 Å². The van der Waals surface area contributed by atoms with Gasteiger partial charge >= 0.3 is 0 Å². The highest BCUT2D eigenvalue weighted by Crippen LogP contribution is 2.15. The van der Waals surface area contributed by atoms with Gasteiger partial charge in [-0.3, -0.25) is 9.89 Å². The molecule has 0 fully saturated rings. The van der Waals surface area contributed by atoms with Gasteiger partial charge in [0.2, 0.25) is 0 Å². The molecule has 0 radical (unpaired) electrons. The Bertz CT molecular complexity index is 507. The molecule has 13 heavy (non-hydrogen) atoms. The van der Waals surface area contributed by atoms with Gasteiger partial charge in [0.1, 0.15) is 12.4 Å². The predicted molar refractivity (Wildman–Crippen MR) is 46.2 cm³/mol. The van der Waals surface area contributed by atoms with E-state index in [1.165, 1.54) is 0 Å². The summed E-state index contributed by atoms with van der Waals surface area (Å²) in [6.45, 7) is 0. The maximum absolute atomic E-state index is 10.5. The molecule has 0 aliphatic rings. The Morgan fingerprint density at radius 3 is 3.08 bits per heavy atom. The average molecular weight is 171 g/mol. The van der Waals surface area contributed by atoms with Crippen molar-refractivity contribution >= 4 is 17.2 Å². The first-order valence-electron chi connectivity index (χ1n) is 3.68. The molecule has 0 saturated carbocycles. The van der Waals surface area contributed by atoms with Crippen molar-refractivity contribution < 1.29 is 4.79 Å². The average Bonchev–Trinajstić information content (AvgIpc) is 2.59. The Balaban J connectivity index is 2.80. The fourth-order valence-corrected chi connectivity index (χ4v) is 1.19. The fraction of sp³-hybridized carbons (Fsp3) is 0. The summed E-state index contributed by atoms with van der Waals surface area (Å²) < 4.78 is 0. The number of benzene rings is 1. The number of aromatic nitrogens is 2. The topological polar surface area (TPSA) is 69.5 Å². The number of rotatable bonds is 1. The van der Waals surface area contributed by atoms with Crippen LogP contribution in [0.1, 0.15) is 16.1 Å². The molecule has 1 N–H and O–H groups in total. The van der Waals surface area contributed by atoms with E-state index in [1.54, 1.807) is 18.2 Å². The van der Waals surface area contributed by atoms with Gasteiger partial charge in [0.05, 0.1) is 5.52 Å². The Kier molecular flexibility index (Phi) is 1.57. The van der Waals surface area contributed by atoms with Crippen molar-refractivity contribution in [2.24, 2.45) is 0 Å². The standard InChI is InChI=1S/C9H5N3O/c10-4-9-7-3-6(5-13)1-2-8(7)11-12-9/h1-3,5H,(H,11,12). The van der Waals surface area contributed by atoms with E-state index in [-0.39, 0.29) is 0 Å². The summed E-state index contributed by atoms with van der Waals surface area (Å²) in [6, 6.07) is 6.99. The van der Waals surface area contributed by atoms with Crippen LogP contribution in [0.15, 0.2) is 18.2 Å². The highest BCUT2D eigenvalue weighted by molar-refractivity contribution is 5.89. The number of carbonyl (C=O) groups excluding carboxylic acids is 1. The Morgan fingerprint density at radius 2 is 2.38 bits per heavy atom. The van der Waals surface area contributed by atoms with Gasteiger partial charge in [0.25, 0.3) is 0 Å². The van der Waals surface area contributed by atoms with Gasteiger partial charge in [0, 0.05) is 10.9 Å². The minimum absolute atomic E-state index is 0.318. The lowest BCUT2D eigenvalue weighted by atomic mass is 10.1. The Hall–Kier alpha value is -2.15. The number of aldehydes is 1. The number of fused-ring (bicyclic) bond motifs is 1. The third kappa shape index (κ3) is 1.07. The van der Waals surface area contributed by atoms with E-state index >= 15 is 0 Å². The second-order valence-electron chi connectivity index (χ2n) is 2.61. The van der Waals surface area contributed by atoms with Crippen LogP contribution in [-0.4, -0.2) is 16.5 Å². The summed E-state index contributed by atoms with van der Waals surface area (Å²) in [6.07, 6.45) is 0.744. The lowest BCUT2D eigenvalue weighted by Crippen LogP contribution is -1.79. The molecule has 1 aromatic carbocycles. The molecule has 1 heterocycles. The van der Waals surface area contributed by atoms with Crippen molar-refractivity contribution in [2.75, 3.05) is 0 Å². The van der Waals surface area contributed by atoms with Crippen molar-refractivity contribution in [1.29, 1.82) is 5.26 Å². The number of nitrogens with one attached hydrogen (secondary N) is 1. The van der Waals surface area contributed by atoms with E-state index in [2.05, 4.69) is 10.2 Å². The lowest BCUT2D eigenvalue weighted by molar-refractivity contribution is 0.112. The third-order valence-corrected chi connectivity index (χ3v) is 1.83. The minimum atomic E-state index is 0.318. The second-order valence-corrected chi connectivity index (χ2v) is 2.61. The number of H-pyrrole nitrogens is 1. The molecule has 0 unspecified atom stereocenters. The summed E-state index contributed by atoms with van der Waals surface area (Å²) in [5.74, 6) is 0. The van der Waals surface area contributed by atoms with Crippen LogP contribution in [0, 0.1) is 11.3 Å². The molecule has 62 valence electrons. The van der Waals surface area contributed by atoms with Crippen molar-refractivity contribution in [2.45, 2.75) is 0 Å². The van der Waals surface area contributed by atoms with Gasteiger partial charge < -0.3 is 0 Å². The molecule has 0 saturated heterocycles. The van der Waals surface area contributed by atoms with Crippen molar-refractivity contribution in [3.63, 3.8) is 0 Å². The van der Waals surface area contributed by atoms with Crippen LogP contribution in [0.5, 0.6) is 0 Å². The number of carbonyl (C=O) groups is 1. The molecule has 0 aliphatic heterocycles. The van der Waals surface area contributed by atoms with Gasteiger partial charge in [-0.15, -0.1) is 0 Å². The van der Waals surface area contributed by atoms with Crippen LogP contribution in [0.25, 0.3) is 10.9 Å². The number of aromatic amines is 1. The van der Waals surface area contributed by atoms with E-state index < -0.39 is 0 Å². The van der Waals surface area contributed by atoms with E-state index in [9.17, 15) is 4.79 Å². The van der Waals surface area contributed by atoms with Gasteiger partial charge in [0.15, 0.2) is 5.69 Å². The first-order valence-corrected chi connectivity index (χ1v) is 3.68. The first-order chi connectivity index (χ1) is 6.35.